The molecular formula is C11H15NO3. The smallest absolute Gasteiger partial charge is 0.323 e. The standard InChI is InChI=1S/C11H15NO3/c1-15-11(14)9-8-6-3-2-5(10(6)13)7(8)4-12-9/h2-3,5-10,12-13H,4H2,1H3/t5-,6+,7+,8-,9-,10+/m0/s1. The first kappa shape index (κ1) is 9.36. The van der Waals surface area contributed by atoms with Gasteiger partial charge in [-0.1, -0.05) is 12.2 Å². The van der Waals surface area contributed by atoms with Crippen LogP contribution in [0.2, 0.25) is 0 Å². The fourth-order valence-corrected chi connectivity index (χ4v) is 3.54. The van der Waals surface area contributed by atoms with E-state index in [1.165, 1.54) is 7.11 Å². The van der Waals surface area contributed by atoms with E-state index in [1.807, 2.05) is 0 Å². The van der Waals surface area contributed by atoms with Gasteiger partial charge in [0.1, 0.15) is 6.04 Å². The average Bonchev–Trinajstić information content (AvgIpc) is 2.88. The van der Waals surface area contributed by atoms with Gasteiger partial charge in [-0.3, -0.25) is 4.79 Å². The molecule has 3 rings (SSSR count). The maximum Gasteiger partial charge on any atom is 0.323 e. The van der Waals surface area contributed by atoms with Gasteiger partial charge in [-0.15, -0.1) is 0 Å². The lowest BCUT2D eigenvalue weighted by Crippen LogP contribution is -2.39. The first-order chi connectivity index (χ1) is 7.24. The average molecular weight is 209 g/mol. The first-order valence-electron chi connectivity index (χ1n) is 5.41. The van der Waals surface area contributed by atoms with Crippen molar-refractivity contribution in [3.8, 4) is 0 Å². The molecule has 1 heterocycles. The molecule has 2 N–H and O–H groups in total. The van der Waals surface area contributed by atoms with Gasteiger partial charge in [-0.25, -0.2) is 0 Å². The van der Waals surface area contributed by atoms with Crippen LogP contribution in [0.3, 0.4) is 0 Å². The SMILES string of the molecule is COC(=O)[C@H]1NC[C@@H]2[C@@H]3C=C[C@@H]([C@@H]3O)[C@@H]21. The highest BCUT2D eigenvalue weighted by atomic mass is 16.5. The number of carbonyl (C=O) groups excluding carboxylic acids is 1. The number of methoxy groups -OCH3 is 1. The summed E-state index contributed by atoms with van der Waals surface area (Å²) >= 11 is 0. The molecule has 1 saturated heterocycles. The van der Waals surface area contributed by atoms with Gasteiger partial charge in [0, 0.05) is 11.8 Å². The van der Waals surface area contributed by atoms with E-state index < -0.39 is 0 Å². The molecule has 4 nitrogen and oxygen atoms in total. The van der Waals surface area contributed by atoms with E-state index in [9.17, 15) is 9.90 Å². The number of fused-ring (bicyclic) bond motifs is 5. The molecule has 0 aromatic heterocycles. The highest BCUT2D eigenvalue weighted by Gasteiger charge is 2.58. The molecule has 2 fully saturated rings. The van der Waals surface area contributed by atoms with Gasteiger partial charge in [0.25, 0.3) is 0 Å². The predicted molar refractivity (Wildman–Crippen MR) is 52.9 cm³/mol. The largest absolute Gasteiger partial charge is 0.468 e. The van der Waals surface area contributed by atoms with Gasteiger partial charge in [-0.2, -0.15) is 0 Å². The summed E-state index contributed by atoms with van der Waals surface area (Å²) in [5.41, 5.74) is 0. The van der Waals surface area contributed by atoms with Gasteiger partial charge in [0.05, 0.1) is 13.2 Å². The third kappa shape index (κ3) is 1.06. The Bertz CT molecular complexity index is 328. The Hall–Kier alpha value is -0.870. The van der Waals surface area contributed by atoms with Crippen LogP contribution in [-0.4, -0.2) is 36.9 Å². The van der Waals surface area contributed by atoms with E-state index in [0.717, 1.165) is 6.54 Å². The highest BCUT2D eigenvalue weighted by Crippen LogP contribution is 2.51. The molecule has 0 radical (unpaired) electrons. The Morgan fingerprint density at radius 3 is 2.93 bits per heavy atom. The summed E-state index contributed by atoms with van der Waals surface area (Å²) in [6, 6.07) is -0.227. The quantitative estimate of drug-likeness (QED) is 0.453. The number of nitrogens with one attached hydrogen (secondary N) is 1. The van der Waals surface area contributed by atoms with Crippen molar-refractivity contribution in [1.82, 2.24) is 5.32 Å². The van der Waals surface area contributed by atoms with Crippen molar-refractivity contribution in [3.05, 3.63) is 12.2 Å². The molecule has 15 heavy (non-hydrogen) atoms. The number of aliphatic hydroxyl groups excluding tert-OH is 1. The summed E-state index contributed by atoms with van der Waals surface area (Å²) in [7, 11) is 1.41. The molecule has 82 valence electrons. The Kier molecular flexibility index (Phi) is 1.91. The van der Waals surface area contributed by atoms with Crippen molar-refractivity contribution in [2.24, 2.45) is 23.7 Å². The monoisotopic (exact) mass is 209 g/mol. The van der Waals surface area contributed by atoms with Crippen LogP contribution >= 0.6 is 0 Å². The summed E-state index contributed by atoms with van der Waals surface area (Å²) in [6.45, 7) is 0.813. The summed E-state index contributed by atoms with van der Waals surface area (Å²) < 4.78 is 4.78. The van der Waals surface area contributed by atoms with Gasteiger partial charge >= 0.3 is 5.97 Å². The molecule has 3 aliphatic rings. The van der Waals surface area contributed by atoms with Crippen LogP contribution in [0.1, 0.15) is 0 Å². The maximum absolute atomic E-state index is 11.5. The zero-order chi connectivity index (χ0) is 10.6. The van der Waals surface area contributed by atoms with Gasteiger partial charge in [0.15, 0.2) is 0 Å². The second-order valence-corrected chi connectivity index (χ2v) is 4.68. The minimum atomic E-state index is -0.283. The van der Waals surface area contributed by atoms with Gasteiger partial charge < -0.3 is 15.2 Å². The van der Waals surface area contributed by atoms with Crippen molar-refractivity contribution in [1.29, 1.82) is 0 Å². The lowest BCUT2D eigenvalue weighted by molar-refractivity contribution is -0.144. The number of aliphatic hydroxyl groups is 1. The maximum atomic E-state index is 11.5. The molecule has 4 heteroatoms. The molecule has 1 saturated carbocycles. The molecule has 0 unspecified atom stereocenters. The van der Waals surface area contributed by atoms with E-state index in [4.69, 9.17) is 4.74 Å². The number of esters is 1. The molecule has 0 aromatic rings. The molecule has 6 atom stereocenters. The predicted octanol–water partition coefficient (Wildman–Crippen LogP) is -0.460. The van der Waals surface area contributed by atoms with Gasteiger partial charge in [-0.05, 0) is 18.4 Å². The zero-order valence-corrected chi connectivity index (χ0v) is 8.59. The van der Waals surface area contributed by atoms with E-state index in [0.29, 0.717) is 5.92 Å². The Labute approximate surface area is 88.3 Å². The Balaban J connectivity index is 1.88. The Morgan fingerprint density at radius 1 is 1.47 bits per heavy atom. The minimum absolute atomic E-state index is 0.138. The highest BCUT2D eigenvalue weighted by molar-refractivity contribution is 5.77. The normalized spacial score (nSPS) is 50.8. The number of hydrogen-bond acceptors (Lipinski definition) is 4. The van der Waals surface area contributed by atoms with Crippen LogP contribution in [0.25, 0.3) is 0 Å². The van der Waals surface area contributed by atoms with E-state index in [-0.39, 0.29) is 35.9 Å². The molecule has 2 bridgehead atoms. The summed E-state index contributed by atoms with van der Waals surface area (Å²) in [4.78, 5) is 11.5. The van der Waals surface area contributed by atoms with Crippen LogP contribution in [0, 0.1) is 23.7 Å². The second kappa shape index (κ2) is 3.06. The van der Waals surface area contributed by atoms with Crippen molar-refractivity contribution >= 4 is 5.97 Å². The summed E-state index contributed by atoms with van der Waals surface area (Å²) in [5, 5.41) is 13.2. The van der Waals surface area contributed by atoms with Crippen LogP contribution < -0.4 is 5.32 Å². The second-order valence-electron chi connectivity index (χ2n) is 4.68. The fraction of sp³-hybridized carbons (Fsp3) is 0.727. The first-order valence-corrected chi connectivity index (χ1v) is 5.41. The van der Waals surface area contributed by atoms with Crippen molar-refractivity contribution in [3.63, 3.8) is 0 Å². The third-order valence-corrected chi connectivity index (χ3v) is 4.19. The number of hydrogen-bond donors (Lipinski definition) is 2. The summed E-state index contributed by atoms with van der Waals surface area (Å²) in [6.07, 6.45) is 3.87. The van der Waals surface area contributed by atoms with Crippen LogP contribution in [0.5, 0.6) is 0 Å². The lowest BCUT2D eigenvalue weighted by Gasteiger charge is -2.22. The fourth-order valence-electron chi connectivity index (χ4n) is 3.54. The number of carbonyl (C=O) groups is 1. The minimum Gasteiger partial charge on any atom is -0.468 e. The number of ether oxygens (including phenoxy) is 1. The van der Waals surface area contributed by atoms with Crippen molar-refractivity contribution in [2.45, 2.75) is 12.1 Å². The zero-order valence-electron chi connectivity index (χ0n) is 8.59. The molecule has 0 amide bonds. The van der Waals surface area contributed by atoms with Crippen molar-refractivity contribution < 1.29 is 14.6 Å². The van der Waals surface area contributed by atoms with Crippen molar-refractivity contribution in [2.75, 3.05) is 13.7 Å². The third-order valence-electron chi connectivity index (χ3n) is 4.19. The van der Waals surface area contributed by atoms with Gasteiger partial charge in [0.2, 0.25) is 0 Å². The van der Waals surface area contributed by atoms with E-state index in [1.54, 1.807) is 0 Å². The number of rotatable bonds is 1. The van der Waals surface area contributed by atoms with Crippen LogP contribution in [0.4, 0.5) is 0 Å². The summed E-state index contributed by atoms with van der Waals surface area (Å²) in [5.74, 6) is 0.804. The molecule has 0 spiro atoms. The topological polar surface area (TPSA) is 58.6 Å². The van der Waals surface area contributed by atoms with E-state index >= 15 is 0 Å². The molecule has 1 aliphatic heterocycles. The van der Waals surface area contributed by atoms with Crippen LogP contribution in [0.15, 0.2) is 12.2 Å². The molecule has 2 aliphatic carbocycles. The Morgan fingerprint density at radius 2 is 2.20 bits per heavy atom. The van der Waals surface area contributed by atoms with E-state index in [2.05, 4.69) is 17.5 Å². The molecular weight excluding hydrogens is 194 g/mol. The molecule has 0 aromatic carbocycles. The lowest BCUT2D eigenvalue weighted by atomic mass is 9.82. The van der Waals surface area contributed by atoms with Crippen LogP contribution in [-0.2, 0) is 9.53 Å².